The number of ketones is 1. The molecule has 39 heavy (non-hydrogen) atoms. The van der Waals surface area contributed by atoms with E-state index in [4.69, 9.17) is 9.47 Å². The Balaban J connectivity index is 1.46. The van der Waals surface area contributed by atoms with Gasteiger partial charge in [0.15, 0.2) is 5.78 Å². The number of aromatic nitrogens is 1. The molecule has 5 heteroatoms. The molecule has 204 valence electrons. The number of rotatable bonds is 13. The van der Waals surface area contributed by atoms with Crippen LogP contribution in [-0.4, -0.2) is 22.9 Å². The number of fused-ring (bicyclic) bond motifs is 1. The maximum atomic E-state index is 13.5. The number of para-hydroxylation sites is 1. The second kappa shape index (κ2) is 13.3. The third-order valence-electron chi connectivity index (χ3n) is 6.88. The van der Waals surface area contributed by atoms with Crippen LogP contribution >= 0.6 is 0 Å². The minimum atomic E-state index is -0.193. The topological polar surface area (TPSA) is 57.5 Å². The highest BCUT2D eigenvalue weighted by atomic mass is 16.5. The van der Waals surface area contributed by atoms with E-state index in [0.29, 0.717) is 43.0 Å². The van der Waals surface area contributed by atoms with Crippen LogP contribution in [0.25, 0.3) is 10.9 Å². The molecule has 0 saturated carbocycles. The lowest BCUT2D eigenvalue weighted by Crippen LogP contribution is -2.07. The molecule has 0 bridgehead atoms. The maximum absolute atomic E-state index is 13.5. The highest BCUT2D eigenvalue weighted by Gasteiger charge is 2.18. The van der Waals surface area contributed by atoms with Crippen LogP contribution in [0.4, 0.5) is 0 Å². The monoisotopic (exact) mass is 525 g/mol. The molecule has 5 nitrogen and oxygen atoms in total. The average Bonchev–Trinajstić information content (AvgIpc) is 3.30. The van der Waals surface area contributed by atoms with Gasteiger partial charge in [-0.15, -0.1) is 0 Å². The summed E-state index contributed by atoms with van der Waals surface area (Å²) < 4.78 is 13.4. The van der Waals surface area contributed by atoms with Crippen LogP contribution in [0.2, 0.25) is 0 Å². The van der Waals surface area contributed by atoms with Crippen molar-refractivity contribution < 1.29 is 19.1 Å². The lowest BCUT2D eigenvalue weighted by atomic mass is 9.99. The van der Waals surface area contributed by atoms with E-state index in [1.807, 2.05) is 61.7 Å². The summed E-state index contributed by atoms with van der Waals surface area (Å²) in [4.78, 5) is 25.3. The van der Waals surface area contributed by atoms with Gasteiger partial charge in [0.2, 0.25) is 0 Å². The van der Waals surface area contributed by atoms with Crippen molar-refractivity contribution in [2.75, 3.05) is 6.61 Å². The normalized spacial score (nSPS) is 12.0. The molecule has 0 aliphatic carbocycles. The van der Waals surface area contributed by atoms with Gasteiger partial charge in [-0.2, -0.15) is 0 Å². The number of ether oxygens (including phenoxy) is 2. The standard InChI is InChI=1S/C34H39NO4/c1-5-32(26-15-13-25(14-16-26)22-24(3)4)39-28-19-17-27(18-20-28)34(37)30-23-35(21-9-12-33(36)38-6-2)31-11-8-7-10-29(30)31/h7-8,10-11,13-20,23-24,32H,5-6,9,12,21-22H2,1-4H3/t32-/m1/s1. The fourth-order valence-electron chi connectivity index (χ4n) is 4.97. The number of benzene rings is 3. The van der Waals surface area contributed by atoms with Crippen molar-refractivity contribution in [1.82, 2.24) is 4.57 Å². The van der Waals surface area contributed by atoms with E-state index in [9.17, 15) is 9.59 Å². The number of nitrogens with zero attached hydrogens (tertiary/aromatic N) is 1. The number of aryl methyl sites for hydroxylation is 1. The van der Waals surface area contributed by atoms with Gasteiger partial charge in [0.05, 0.1) is 6.61 Å². The molecule has 1 heterocycles. The molecule has 0 saturated heterocycles. The summed E-state index contributed by atoms with van der Waals surface area (Å²) in [5.74, 6) is 1.14. The fraction of sp³-hybridized carbons (Fsp3) is 0.353. The SMILES string of the molecule is CCOC(=O)CCCn1cc(C(=O)c2ccc(O[C@H](CC)c3ccc(CC(C)C)cc3)cc2)c2ccccc21. The van der Waals surface area contributed by atoms with Crippen LogP contribution in [0.5, 0.6) is 5.75 Å². The van der Waals surface area contributed by atoms with E-state index >= 15 is 0 Å². The van der Waals surface area contributed by atoms with Crippen molar-refractivity contribution in [1.29, 1.82) is 0 Å². The molecule has 0 fully saturated rings. The van der Waals surface area contributed by atoms with E-state index in [2.05, 4.69) is 49.6 Å². The van der Waals surface area contributed by atoms with Crippen LogP contribution in [0, 0.1) is 5.92 Å². The molecular weight excluding hydrogens is 486 g/mol. The Morgan fingerprint density at radius 3 is 2.28 bits per heavy atom. The van der Waals surface area contributed by atoms with Crippen molar-refractivity contribution >= 4 is 22.7 Å². The van der Waals surface area contributed by atoms with Gasteiger partial charge < -0.3 is 14.0 Å². The Labute approximate surface area is 231 Å². The summed E-state index contributed by atoms with van der Waals surface area (Å²) in [7, 11) is 0. The molecular formula is C34H39NO4. The largest absolute Gasteiger partial charge is 0.486 e. The van der Waals surface area contributed by atoms with Crippen molar-refractivity contribution in [2.45, 2.75) is 66.0 Å². The number of carbonyl (C=O) groups is 2. The minimum Gasteiger partial charge on any atom is -0.486 e. The van der Waals surface area contributed by atoms with Gasteiger partial charge in [0.1, 0.15) is 11.9 Å². The average molecular weight is 526 g/mol. The molecule has 0 aliphatic heterocycles. The lowest BCUT2D eigenvalue weighted by Gasteiger charge is -2.19. The summed E-state index contributed by atoms with van der Waals surface area (Å²) >= 11 is 0. The van der Waals surface area contributed by atoms with E-state index in [1.165, 1.54) is 5.56 Å². The molecule has 0 spiro atoms. The van der Waals surface area contributed by atoms with Crippen molar-refractivity contribution in [3.63, 3.8) is 0 Å². The summed E-state index contributed by atoms with van der Waals surface area (Å²) in [5, 5.41) is 0.908. The quantitative estimate of drug-likeness (QED) is 0.131. The summed E-state index contributed by atoms with van der Waals surface area (Å²) in [5.41, 5.74) is 4.74. The van der Waals surface area contributed by atoms with E-state index in [-0.39, 0.29) is 17.9 Å². The molecule has 4 aromatic rings. The Morgan fingerprint density at radius 1 is 0.897 bits per heavy atom. The smallest absolute Gasteiger partial charge is 0.305 e. The molecule has 1 atom stereocenters. The fourth-order valence-corrected chi connectivity index (χ4v) is 4.97. The molecule has 0 radical (unpaired) electrons. The zero-order valence-electron chi connectivity index (χ0n) is 23.5. The molecule has 4 rings (SSSR count). The van der Waals surface area contributed by atoms with Crippen molar-refractivity contribution in [3.05, 3.63) is 101 Å². The molecule has 0 unspecified atom stereocenters. The van der Waals surface area contributed by atoms with Gasteiger partial charge in [-0.25, -0.2) is 0 Å². The van der Waals surface area contributed by atoms with Crippen molar-refractivity contribution in [3.8, 4) is 5.75 Å². The third kappa shape index (κ3) is 7.17. The predicted octanol–water partition coefficient (Wildman–Crippen LogP) is 7.94. The molecule has 0 amide bonds. The summed E-state index contributed by atoms with van der Waals surface area (Å²) in [6.07, 6.45) is 4.77. The van der Waals surface area contributed by atoms with E-state index < -0.39 is 0 Å². The van der Waals surface area contributed by atoms with Crippen LogP contribution in [0.3, 0.4) is 0 Å². The van der Waals surface area contributed by atoms with E-state index in [0.717, 1.165) is 35.1 Å². The number of esters is 1. The van der Waals surface area contributed by atoms with Crippen molar-refractivity contribution in [2.24, 2.45) is 5.92 Å². The van der Waals surface area contributed by atoms with E-state index in [1.54, 1.807) is 0 Å². The summed E-state index contributed by atoms with van der Waals surface area (Å²) in [6.45, 7) is 9.41. The van der Waals surface area contributed by atoms with Crippen LogP contribution in [0.15, 0.2) is 79.0 Å². The summed E-state index contributed by atoms with van der Waals surface area (Å²) in [6, 6.07) is 24.0. The second-order valence-electron chi connectivity index (χ2n) is 10.4. The maximum Gasteiger partial charge on any atom is 0.305 e. The van der Waals surface area contributed by atoms with Gasteiger partial charge >= 0.3 is 5.97 Å². The highest BCUT2D eigenvalue weighted by molar-refractivity contribution is 6.16. The van der Waals surface area contributed by atoms with Gasteiger partial charge in [0.25, 0.3) is 0 Å². The zero-order chi connectivity index (χ0) is 27.8. The third-order valence-corrected chi connectivity index (χ3v) is 6.88. The Hall–Kier alpha value is -3.86. The molecule has 3 aromatic carbocycles. The van der Waals surface area contributed by atoms with Gasteiger partial charge in [-0.05, 0) is 73.6 Å². The molecule has 0 N–H and O–H groups in total. The second-order valence-corrected chi connectivity index (χ2v) is 10.4. The first-order valence-corrected chi connectivity index (χ1v) is 14.0. The number of hydrogen-bond donors (Lipinski definition) is 0. The Kier molecular flexibility index (Phi) is 9.59. The molecule has 1 aromatic heterocycles. The Morgan fingerprint density at radius 2 is 1.62 bits per heavy atom. The van der Waals surface area contributed by atoms with Crippen LogP contribution < -0.4 is 4.74 Å². The van der Waals surface area contributed by atoms with Gasteiger partial charge in [-0.1, -0.05) is 63.2 Å². The van der Waals surface area contributed by atoms with Crippen LogP contribution in [-0.2, 0) is 22.5 Å². The van der Waals surface area contributed by atoms with Gasteiger partial charge in [0, 0.05) is 41.2 Å². The lowest BCUT2D eigenvalue weighted by molar-refractivity contribution is -0.143. The first-order chi connectivity index (χ1) is 18.9. The van der Waals surface area contributed by atoms with Gasteiger partial charge in [-0.3, -0.25) is 9.59 Å². The highest BCUT2D eigenvalue weighted by Crippen LogP contribution is 2.28. The molecule has 0 aliphatic rings. The Bertz CT molecular complexity index is 1380. The minimum absolute atomic E-state index is 0.0327. The first kappa shape index (κ1) is 28.2. The number of hydrogen-bond acceptors (Lipinski definition) is 4. The predicted molar refractivity (Wildman–Crippen MR) is 156 cm³/mol. The van der Waals surface area contributed by atoms with Crippen LogP contribution in [0.1, 0.15) is 80.1 Å². The zero-order valence-corrected chi connectivity index (χ0v) is 23.5. The first-order valence-electron chi connectivity index (χ1n) is 14.0. The number of carbonyl (C=O) groups excluding carboxylic acids is 2.